The summed E-state index contributed by atoms with van der Waals surface area (Å²) in [6.45, 7) is 13.9. The van der Waals surface area contributed by atoms with E-state index in [4.69, 9.17) is 14.4 Å². The van der Waals surface area contributed by atoms with E-state index < -0.39 is 22.7 Å². The number of imidazole rings is 1. The van der Waals surface area contributed by atoms with Gasteiger partial charge in [-0.3, -0.25) is 28.2 Å². The van der Waals surface area contributed by atoms with Crippen LogP contribution >= 0.6 is 0 Å². The molecule has 0 amide bonds. The number of halogens is 2. The minimum atomic E-state index is -0.583. The summed E-state index contributed by atoms with van der Waals surface area (Å²) in [4.78, 5) is 32.4. The van der Waals surface area contributed by atoms with E-state index in [-0.39, 0.29) is 29.1 Å². The van der Waals surface area contributed by atoms with Gasteiger partial charge in [-0.1, -0.05) is 18.1 Å². The second kappa shape index (κ2) is 14.3. The van der Waals surface area contributed by atoms with Gasteiger partial charge in [-0.25, -0.2) is 23.1 Å². The van der Waals surface area contributed by atoms with E-state index in [2.05, 4.69) is 76.8 Å². The summed E-state index contributed by atoms with van der Waals surface area (Å²) in [5, 5.41) is 13.9. The monoisotopic (exact) mass is 868 g/mol. The van der Waals surface area contributed by atoms with Crippen LogP contribution in [-0.4, -0.2) is 66.9 Å². The molecule has 1 saturated heterocycles. The zero-order chi connectivity index (χ0) is 44.6. The SMILES string of the molecule is Cc1cc(-n2nc3c(c2-n2ccn(-c4ccc5c(cnn5C)c4F)c2=O)[C@H](C)N(Cc2cn4cc([C@H]5CCOC(C)(C)C5)ccc4c2[C@]2(c4noc(=O)[nH]4)C[C@@H]2C)CC3)cc(C)c1F. The molecular formula is C48H50F2N10O4. The Morgan fingerprint density at radius 2 is 1.70 bits per heavy atom. The Balaban J connectivity index is 1.04. The van der Waals surface area contributed by atoms with Crippen molar-refractivity contribution >= 4 is 16.4 Å². The van der Waals surface area contributed by atoms with Gasteiger partial charge in [-0.05, 0) is 124 Å². The molecule has 2 aliphatic heterocycles. The zero-order valence-corrected chi connectivity index (χ0v) is 36.9. The molecule has 14 nitrogen and oxygen atoms in total. The smallest absolute Gasteiger partial charge is 0.376 e. The quantitative estimate of drug-likeness (QED) is 0.165. The Bertz CT molecular complexity index is 3280. The van der Waals surface area contributed by atoms with Crippen molar-refractivity contribution in [3.05, 3.63) is 145 Å². The lowest BCUT2D eigenvalue weighted by Crippen LogP contribution is -2.35. The number of ether oxygens (including phenoxy) is 1. The van der Waals surface area contributed by atoms with Gasteiger partial charge in [-0.15, -0.1) is 0 Å². The highest BCUT2D eigenvalue weighted by Crippen LogP contribution is 2.60. The van der Waals surface area contributed by atoms with Crippen molar-refractivity contribution < 1.29 is 18.0 Å². The van der Waals surface area contributed by atoms with Crippen LogP contribution in [0.25, 0.3) is 33.6 Å². The number of nitrogens with zero attached hydrogens (tertiary/aromatic N) is 9. The Hall–Kier alpha value is -6.39. The second-order valence-corrected chi connectivity index (χ2v) is 18.9. The standard InChI is InChI=1S/C48H50F2N10O4/c1-26-18-33(19-27(2)41(26)49)60-43(59-16-15-58(46(59)62)38-11-10-36-34(42(38)50)22-51-55(36)7)39-29(4)56(14-12-35(39)53-60)24-32-25-57-23-31(30-13-17-63-47(5,6)21-30)8-9-37(57)40(32)48(20-28(48)3)44-52-45(61)64-54-44/h8-11,15-16,18-19,22-23,25,28-30H,12-14,17,20-21,24H2,1-7H3,(H,52,54,61)/t28-,29-,30-,48-/m0/s1. The molecule has 8 heterocycles. The molecule has 64 heavy (non-hydrogen) atoms. The van der Waals surface area contributed by atoms with Crippen molar-refractivity contribution in [2.75, 3.05) is 13.2 Å². The third-order valence-electron chi connectivity index (χ3n) is 14.4. The average molecular weight is 869 g/mol. The largest absolute Gasteiger partial charge is 0.438 e. The fourth-order valence-corrected chi connectivity index (χ4v) is 11.0. The predicted molar refractivity (Wildman–Crippen MR) is 236 cm³/mol. The Morgan fingerprint density at radius 3 is 2.42 bits per heavy atom. The van der Waals surface area contributed by atoms with Crippen molar-refractivity contribution in [2.45, 2.75) is 96.7 Å². The first-order chi connectivity index (χ1) is 30.6. The van der Waals surface area contributed by atoms with Crippen molar-refractivity contribution in [3.8, 4) is 17.2 Å². The van der Waals surface area contributed by atoms with E-state index in [1.54, 1.807) is 66.9 Å². The van der Waals surface area contributed by atoms with Gasteiger partial charge in [0, 0.05) is 75.1 Å². The van der Waals surface area contributed by atoms with Crippen LogP contribution in [0.4, 0.5) is 8.78 Å². The summed E-state index contributed by atoms with van der Waals surface area (Å²) < 4.78 is 50.8. The summed E-state index contributed by atoms with van der Waals surface area (Å²) in [6.07, 6.45) is 12.4. The van der Waals surface area contributed by atoms with Crippen molar-refractivity contribution in [3.63, 3.8) is 0 Å². The molecule has 0 bridgehead atoms. The zero-order valence-electron chi connectivity index (χ0n) is 36.9. The molecule has 16 heteroatoms. The Morgan fingerprint density at radius 1 is 0.953 bits per heavy atom. The number of aromatic nitrogens is 9. The van der Waals surface area contributed by atoms with Gasteiger partial charge in [0.2, 0.25) is 0 Å². The maximum absolute atomic E-state index is 16.1. The van der Waals surface area contributed by atoms with Gasteiger partial charge in [0.05, 0.1) is 45.2 Å². The number of hydrogen-bond donors (Lipinski definition) is 1. The molecule has 2 fully saturated rings. The molecule has 6 aromatic heterocycles. The average Bonchev–Trinajstić information content (AvgIpc) is 3.88. The van der Waals surface area contributed by atoms with Gasteiger partial charge >= 0.3 is 11.4 Å². The first-order valence-corrected chi connectivity index (χ1v) is 22.0. The Kier molecular flexibility index (Phi) is 9.03. The van der Waals surface area contributed by atoms with E-state index in [1.165, 1.54) is 20.9 Å². The number of benzene rings is 2. The highest BCUT2D eigenvalue weighted by Gasteiger charge is 2.59. The molecule has 1 N–H and O–H groups in total. The molecule has 11 rings (SSSR count). The second-order valence-electron chi connectivity index (χ2n) is 18.9. The maximum Gasteiger partial charge on any atom is 0.438 e. The molecule has 2 aromatic carbocycles. The summed E-state index contributed by atoms with van der Waals surface area (Å²) >= 11 is 0. The van der Waals surface area contributed by atoms with Crippen LogP contribution in [0.2, 0.25) is 0 Å². The Labute approximate surface area is 366 Å². The van der Waals surface area contributed by atoms with Crippen LogP contribution in [0.5, 0.6) is 0 Å². The molecule has 1 aliphatic carbocycles. The molecule has 0 radical (unpaired) electrons. The lowest BCUT2D eigenvalue weighted by molar-refractivity contribution is -0.0593. The van der Waals surface area contributed by atoms with Gasteiger partial charge in [0.15, 0.2) is 11.6 Å². The highest BCUT2D eigenvalue weighted by atomic mass is 19.1. The van der Waals surface area contributed by atoms with Crippen LogP contribution < -0.4 is 11.4 Å². The first kappa shape index (κ1) is 40.4. The highest BCUT2D eigenvalue weighted by molar-refractivity contribution is 5.81. The van der Waals surface area contributed by atoms with Crippen LogP contribution in [0.1, 0.15) is 104 Å². The van der Waals surface area contributed by atoms with Crippen LogP contribution in [0, 0.1) is 31.4 Å². The lowest BCUT2D eigenvalue weighted by Gasteiger charge is -2.35. The molecule has 4 atom stereocenters. The number of fused-ring (bicyclic) bond motifs is 3. The van der Waals surface area contributed by atoms with Crippen molar-refractivity contribution in [1.29, 1.82) is 0 Å². The number of aromatic amines is 1. The summed E-state index contributed by atoms with van der Waals surface area (Å²) in [6, 6.07) is 11.0. The van der Waals surface area contributed by atoms with E-state index in [9.17, 15) is 9.59 Å². The molecule has 0 unspecified atom stereocenters. The molecule has 1 saturated carbocycles. The van der Waals surface area contributed by atoms with Crippen molar-refractivity contribution in [1.82, 2.24) is 48.1 Å². The van der Waals surface area contributed by atoms with E-state index in [1.807, 2.05) is 0 Å². The lowest BCUT2D eigenvalue weighted by atomic mass is 9.84. The maximum atomic E-state index is 16.1. The van der Waals surface area contributed by atoms with Crippen LogP contribution in [0.3, 0.4) is 0 Å². The third-order valence-corrected chi connectivity index (χ3v) is 14.4. The normalized spacial score (nSPS) is 22.2. The number of nitrogens with one attached hydrogen (secondary N) is 1. The van der Waals surface area contributed by atoms with E-state index in [0.29, 0.717) is 71.4 Å². The molecule has 0 spiro atoms. The van der Waals surface area contributed by atoms with Gasteiger partial charge in [0.25, 0.3) is 0 Å². The van der Waals surface area contributed by atoms with E-state index >= 15 is 8.78 Å². The minimum absolute atomic E-state index is 0.0982. The number of H-pyrrole nitrogens is 1. The molecule has 330 valence electrons. The summed E-state index contributed by atoms with van der Waals surface area (Å²) in [5.74, 6) is 0.126. The van der Waals surface area contributed by atoms with Crippen LogP contribution in [0.15, 0.2) is 81.5 Å². The number of aryl methyl sites for hydroxylation is 3. The number of hydrogen-bond acceptors (Lipinski definition) is 8. The molecular weight excluding hydrogens is 819 g/mol. The van der Waals surface area contributed by atoms with Crippen LogP contribution in [-0.2, 0) is 30.2 Å². The van der Waals surface area contributed by atoms with Gasteiger partial charge < -0.3 is 9.14 Å². The third kappa shape index (κ3) is 6.12. The van der Waals surface area contributed by atoms with Gasteiger partial charge in [0.1, 0.15) is 11.6 Å². The fourth-order valence-electron chi connectivity index (χ4n) is 11.0. The summed E-state index contributed by atoms with van der Waals surface area (Å²) in [7, 11) is 1.74. The summed E-state index contributed by atoms with van der Waals surface area (Å²) in [5.41, 5.74) is 7.14. The first-order valence-electron chi connectivity index (χ1n) is 22.0. The minimum Gasteiger partial charge on any atom is -0.376 e. The van der Waals surface area contributed by atoms with Crippen molar-refractivity contribution in [2.24, 2.45) is 13.0 Å². The fraction of sp³-hybridized carbons (Fsp3) is 0.396. The predicted octanol–water partition coefficient (Wildman–Crippen LogP) is 7.64. The number of pyridine rings is 1. The molecule has 3 aliphatic rings. The molecule has 8 aromatic rings. The topological polar surface area (TPSA) is 138 Å². The van der Waals surface area contributed by atoms with Gasteiger partial charge in [-0.2, -0.15) is 10.2 Å². The number of rotatable bonds is 8. The van der Waals surface area contributed by atoms with E-state index in [0.717, 1.165) is 47.2 Å².